The lowest BCUT2D eigenvalue weighted by atomic mass is 10.0. The molecular formula is C13H24N2. The first-order valence-corrected chi connectivity index (χ1v) is 6.12. The summed E-state index contributed by atoms with van der Waals surface area (Å²) in [6.45, 7) is 6.26. The van der Waals surface area contributed by atoms with Gasteiger partial charge in [-0.25, -0.2) is 0 Å². The van der Waals surface area contributed by atoms with E-state index >= 15 is 0 Å². The maximum atomic E-state index is 5.51. The average Bonchev–Trinajstić information content (AvgIpc) is 2.99. The summed E-state index contributed by atoms with van der Waals surface area (Å²) in [6, 6.07) is 0. The Morgan fingerprint density at radius 2 is 2.27 bits per heavy atom. The minimum absolute atomic E-state index is 0.723. The molecule has 0 aromatic heterocycles. The number of hydrogen-bond acceptors (Lipinski definition) is 2. The van der Waals surface area contributed by atoms with Gasteiger partial charge in [0.05, 0.1) is 6.54 Å². The van der Waals surface area contributed by atoms with Crippen molar-refractivity contribution in [1.82, 2.24) is 4.90 Å². The van der Waals surface area contributed by atoms with Crippen molar-refractivity contribution in [3.63, 3.8) is 0 Å². The molecule has 0 radical (unpaired) electrons. The Balaban J connectivity index is 2.19. The molecule has 1 rings (SSSR count). The maximum absolute atomic E-state index is 5.51. The largest absolute Gasteiger partial charge is 0.330 e. The van der Waals surface area contributed by atoms with E-state index in [0.717, 1.165) is 37.9 Å². The number of hydrogen-bond donors (Lipinski definition) is 1. The van der Waals surface area contributed by atoms with Crippen molar-refractivity contribution in [2.45, 2.75) is 32.6 Å². The van der Waals surface area contributed by atoms with Crippen LogP contribution in [0.4, 0.5) is 0 Å². The lowest BCUT2D eigenvalue weighted by Crippen LogP contribution is -2.31. The molecule has 1 aliphatic carbocycles. The van der Waals surface area contributed by atoms with Crippen LogP contribution in [0.3, 0.4) is 0 Å². The molecule has 1 fully saturated rings. The van der Waals surface area contributed by atoms with Gasteiger partial charge >= 0.3 is 0 Å². The van der Waals surface area contributed by atoms with E-state index in [-0.39, 0.29) is 0 Å². The number of rotatable bonds is 8. The summed E-state index contributed by atoms with van der Waals surface area (Å²) >= 11 is 0. The molecule has 86 valence electrons. The van der Waals surface area contributed by atoms with Gasteiger partial charge in [0.2, 0.25) is 0 Å². The highest BCUT2D eigenvalue weighted by molar-refractivity contribution is 4.90. The average molecular weight is 208 g/mol. The van der Waals surface area contributed by atoms with Crippen molar-refractivity contribution in [1.29, 1.82) is 0 Å². The minimum atomic E-state index is 0.723. The van der Waals surface area contributed by atoms with Gasteiger partial charge in [-0.3, -0.25) is 4.90 Å². The third kappa shape index (κ3) is 5.81. The fraction of sp³-hybridized carbons (Fsp3) is 0.846. The molecule has 2 N–H and O–H groups in total. The summed E-state index contributed by atoms with van der Waals surface area (Å²) in [5.41, 5.74) is 5.51. The van der Waals surface area contributed by atoms with Gasteiger partial charge < -0.3 is 5.73 Å². The zero-order valence-corrected chi connectivity index (χ0v) is 9.91. The summed E-state index contributed by atoms with van der Waals surface area (Å²) in [5.74, 6) is 4.42. The topological polar surface area (TPSA) is 29.3 Å². The quantitative estimate of drug-likeness (QED) is 0.615. The molecule has 0 aliphatic heterocycles. The Bertz CT molecular complexity index is 203. The predicted octanol–water partition coefficient (Wildman–Crippen LogP) is 1.71. The fourth-order valence-electron chi connectivity index (χ4n) is 2.00. The molecule has 2 heteroatoms. The van der Waals surface area contributed by atoms with E-state index in [1.807, 2.05) is 0 Å². The SMILES string of the molecule is C#CCN(CC(C)CCCN)CC1CC1. The van der Waals surface area contributed by atoms with Crippen molar-refractivity contribution in [2.24, 2.45) is 17.6 Å². The lowest BCUT2D eigenvalue weighted by Gasteiger charge is -2.23. The molecule has 0 spiro atoms. The summed E-state index contributed by atoms with van der Waals surface area (Å²) in [5, 5.41) is 0. The summed E-state index contributed by atoms with van der Waals surface area (Å²) in [4.78, 5) is 2.43. The van der Waals surface area contributed by atoms with Crippen molar-refractivity contribution in [2.75, 3.05) is 26.2 Å². The van der Waals surface area contributed by atoms with Crippen LogP contribution < -0.4 is 5.73 Å². The van der Waals surface area contributed by atoms with Gasteiger partial charge in [0.1, 0.15) is 0 Å². The molecule has 1 atom stereocenters. The van der Waals surface area contributed by atoms with Gasteiger partial charge in [-0.15, -0.1) is 6.42 Å². The van der Waals surface area contributed by atoms with Gasteiger partial charge in [0.25, 0.3) is 0 Å². The summed E-state index contributed by atoms with van der Waals surface area (Å²) in [6.07, 6.45) is 10.5. The van der Waals surface area contributed by atoms with E-state index < -0.39 is 0 Å². The predicted molar refractivity (Wildman–Crippen MR) is 65.4 cm³/mol. The Kier molecular flexibility index (Phi) is 5.75. The molecule has 0 aromatic carbocycles. The van der Waals surface area contributed by atoms with Crippen molar-refractivity contribution in [3.8, 4) is 12.3 Å². The zero-order chi connectivity index (χ0) is 11.1. The molecule has 15 heavy (non-hydrogen) atoms. The van der Waals surface area contributed by atoms with Crippen LogP contribution in [0.25, 0.3) is 0 Å². The zero-order valence-electron chi connectivity index (χ0n) is 9.91. The molecule has 0 bridgehead atoms. The first-order chi connectivity index (χ1) is 7.26. The van der Waals surface area contributed by atoms with Gasteiger partial charge in [-0.1, -0.05) is 12.8 Å². The van der Waals surface area contributed by atoms with Crippen LogP contribution in [0.1, 0.15) is 32.6 Å². The van der Waals surface area contributed by atoms with E-state index in [1.54, 1.807) is 0 Å². The molecule has 1 saturated carbocycles. The third-order valence-electron chi connectivity index (χ3n) is 3.00. The second-order valence-corrected chi connectivity index (χ2v) is 4.88. The monoisotopic (exact) mass is 208 g/mol. The van der Waals surface area contributed by atoms with Gasteiger partial charge in [-0.2, -0.15) is 0 Å². The Hall–Kier alpha value is -0.520. The van der Waals surface area contributed by atoms with Gasteiger partial charge in [0.15, 0.2) is 0 Å². The van der Waals surface area contributed by atoms with E-state index in [4.69, 9.17) is 12.2 Å². The van der Waals surface area contributed by atoms with E-state index in [1.165, 1.54) is 25.8 Å². The van der Waals surface area contributed by atoms with Crippen LogP contribution in [0.2, 0.25) is 0 Å². The first-order valence-electron chi connectivity index (χ1n) is 6.12. The van der Waals surface area contributed by atoms with Crippen LogP contribution in [0.5, 0.6) is 0 Å². The highest BCUT2D eigenvalue weighted by Gasteiger charge is 2.24. The molecule has 0 heterocycles. The van der Waals surface area contributed by atoms with Crippen molar-refractivity contribution in [3.05, 3.63) is 0 Å². The molecule has 0 aromatic rings. The number of nitrogens with zero attached hydrogens (tertiary/aromatic N) is 1. The van der Waals surface area contributed by atoms with Crippen molar-refractivity contribution >= 4 is 0 Å². The molecule has 0 amide bonds. The Morgan fingerprint density at radius 3 is 2.80 bits per heavy atom. The van der Waals surface area contributed by atoms with E-state index in [0.29, 0.717) is 0 Å². The lowest BCUT2D eigenvalue weighted by molar-refractivity contribution is 0.247. The van der Waals surface area contributed by atoms with Crippen LogP contribution >= 0.6 is 0 Å². The molecule has 0 saturated heterocycles. The second kappa shape index (κ2) is 6.87. The first kappa shape index (κ1) is 12.5. The second-order valence-electron chi connectivity index (χ2n) is 4.88. The summed E-state index contributed by atoms with van der Waals surface area (Å²) in [7, 11) is 0. The number of terminal acetylenes is 1. The third-order valence-corrected chi connectivity index (χ3v) is 3.00. The Labute approximate surface area is 94.2 Å². The maximum Gasteiger partial charge on any atom is 0.0599 e. The van der Waals surface area contributed by atoms with Gasteiger partial charge in [-0.05, 0) is 44.1 Å². The normalized spacial score (nSPS) is 17.7. The summed E-state index contributed by atoms with van der Waals surface area (Å²) < 4.78 is 0. The smallest absolute Gasteiger partial charge is 0.0599 e. The fourth-order valence-corrected chi connectivity index (χ4v) is 2.00. The molecule has 2 nitrogen and oxygen atoms in total. The van der Waals surface area contributed by atoms with Crippen LogP contribution in [-0.4, -0.2) is 31.1 Å². The van der Waals surface area contributed by atoms with Crippen LogP contribution in [0, 0.1) is 24.2 Å². The highest BCUT2D eigenvalue weighted by atomic mass is 15.1. The number of nitrogens with two attached hydrogens (primary N) is 1. The standard InChI is InChI=1S/C13H24N2/c1-3-9-15(11-13-6-7-13)10-12(2)5-4-8-14/h1,12-13H,4-11,14H2,2H3. The minimum Gasteiger partial charge on any atom is -0.330 e. The Morgan fingerprint density at radius 1 is 1.53 bits per heavy atom. The molecule has 1 unspecified atom stereocenters. The van der Waals surface area contributed by atoms with Crippen LogP contribution in [0.15, 0.2) is 0 Å². The van der Waals surface area contributed by atoms with Crippen molar-refractivity contribution < 1.29 is 0 Å². The van der Waals surface area contributed by atoms with E-state index in [9.17, 15) is 0 Å². The highest BCUT2D eigenvalue weighted by Crippen LogP contribution is 2.29. The molecule has 1 aliphatic rings. The van der Waals surface area contributed by atoms with Crippen LogP contribution in [-0.2, 0) is 0 Å². The molecular weight excluding hydrogens is 184 g/mol. The van der Waals surface area contributed by atoms with Gasteiger partial charge in [0, 0.05) is 13.1 Å². The van der Waals surface area contributed by atoms with E-state index in [2.05, 4.69) is 17.7 Å².